The number of fused-ring (bicyclic) bond motifs is 1. The molecular formula is C11H8Cl2N4O. The molecule has 1 aromatic carbocycles. The summed E-state index contributed by atoms with van der Waals surface area (Å²) in [5.74, 6) is -0.239. The molecule has 1 atom stereocenters. The van der Waals surface area contributed by atoms with Crippen molar-refractivity contribution >= 4 is 34.8 Å². The number of hydrogen-bond donors (Lipinski definition) is 2. The Bertz CT molecular complexity index is 652. The SMILES string of the molecule is NC1C(=O)Nc2cc(-n3cc(Cl)cn3)c(Cl)cc21. The van der Waals surface area contributed by atoms with E-state index < -0.39 is 6.04 Å². The zero-order chi connectivity index (χ0) is 12.9. The molecule has 3 rings (SSSR count). The zero-order valence-corrected chi connectivity index (χ0v) is 10.5. The third-order valence-electron chi connectivity index (χ3n) is 2.79. The minimum absolute atomic E-state index is 0.239. The van der Waals surface area contributed by atoms with Gasteiger partial charge in [-0.2, -0.15) is 5.10 Å². The zero-order valence-electron chi connectivity index (χ0n) is 9.02. The molecule has 1 unspecified atom stereocenters. The van der Waals surface area contributed by atoms with Crippen molar-refractivity contribution in [2.24, 2.45) is 5.73 Å². The Labute approximate surface area is 112 Å². The van der Waals surface area contributed by atoms with Crippen LogP contribution in [-0.2, 0) is 4.79 Å². The number of rotatable bonds is 1. The first-order valence-electron chi connectivity index (χ1n) is 5.16. The molecule has 7 heteroatoms. The molecule has 5 nitrogen and oxygen atoms in total. The first-order chi connectivity index (χ1) is 8.56. The Hall–Kier alpha value is -1.56. The maximum absolute atomic E-state index is 11.5. The lowest BCUT2D eigenvalue weighted by molar-refractivity contribution is -0.116. The molecule has 0 fully saturated rings. The molecule has 0 aliphatic carbocycles. The number of hydrogen-bond acceptors (Lipinski definition) is 3. The van der Waals surface area contributed by atoms with E-state index in [4.69, 9.17) is 28.9 Å². The highest BCUT2D eigenvalue weighted by Gasteiger charge is 2.28. The highest BCUT2D eigenvalue weighted by Crippen LogP contribution is 2.35. The number of carbonyl (C=O) groups excluding carboxylic acids is 1. The summed E-state index contributed by atoms with van der Waals surface area (Å²) in [5, 5.41) is 7.73. The summed E-state index contributed by atoms with van der Waals surface area (Å²) in [6, 6.07) is 2.73. The van der Waals surface area contributed by atoms with Crippen molar-refractivity contribution in [2.45, 2.75) is 6.04 Å². The number of halogens is 2. The van der Waals surface area contributed by atoms with Crippen LogP contribution in [-0.4, -0.2) is 15.7 Å². The first-order valence-corrected chi connectivity index (χ1v) is 5.92. The van der Waals surface area contributed by atoms with Crippen LogP contribution in [0.4, 0.5) is 5.69 Å². The second kappa shape index (κ2) is 3.98. The van der Waals surface area contributed by atoms with E-state index in [9.17, 15) is 4.79 Å². The van der Waals surface area contributed by atoms with Gasteiger partial charge in [-0.25, -0.2) is 4.68 Å². The van der Waals surface area contributed by atoms with E-state index in [1.54, 1.807) is 23.0 Å². The first kappa shape index (κ1) is 11.5. The van der Waals surface area contributed by atoms with Gasteiger partial charge in [-0.1, -0.05) is 23.2 Å². The van der Waals surface area contributed by atoms with Gasteiger partial charge >= 0.3 is 0 Å². The van der Waals surface area contributed by atoms with Gasteiger partial charge in [0.05, 0.1) is 21.9 Å². The average Bonchev–Trinajstić information content (AvgIpc) is 2.86. The van der Waals surface area contributed by atoms with Crippen molar-refractivity contribution < 1.29 is 4.79 Å². The number of nitrogens with two attached hydrogens (primary N) is 1. The van der Waals surface area contributed by atoms with Gasteiger partial charge in [0.25, 0.3) is 0 Å². The van der Waals surface area contributed by atoms with Crippen LogP contribution in [0.3, 0.4) is 0 Å². The summed E-state index contributed by atoms with van der Waals surface area (Å²) in [6.07, 6.45) is 3.14. The predicted molar refractivity (Wildman–Crippen MR) is 69.1 cm³/mol. The predicted octanol–water partition coefficient (Wildman–Crippen LogP) is 2.13. The highest BCUT2D eigenvalue weighted by molar-refractivity contribution is 6.33. The fraction of sp³-hybridized carbons (Fsp3) is 0.0909. The van der Waals surface area contributed by atoms with Gasteiger partial charge in [-0.3, -0.25) is 4.79 Å². The summed E-state index contributed by atoms with van der Waals surface area (Å²) in [4.78, 5) is 11.5. The molecule has 18 heavy (non-hydrogen) atoms. The van der Waals surface area contributed by atoms with Crippen molar-refractivity contribution in [3.05, 3.63) is 40.1 Å². The third kappa shape index (κ3) is 1.68. The molecular weight excluding hydrogens is 275 g/mol. The molecule has 0 saturated carbocycles. The van der Waals surface area contributed by atoms with Crippen LogP contribution in [0.2, 0.25) is 10.0 Å². The maximum atomic E-state index is 11.5. The Balaban J connectivity index is 2.14. The average molecular weight is 283 g/mol. The van der Waals surface area contributed by atoms with Crippen LogP contribution >= 0.6 is 23.2 Å². The number of benzene rings is 1. The van der Waals surface area contributed by atoms with E-state index in [1.165, 1.54) is 6.20 Å². The highest BCUT2D eigenvalue weighted by atomic mass is 35.5. The Kier molecular flexibility index (Phi) is 2.55. The van der Waals surface area contributed by atoms with Crippen LogP contribution in [0.15, 0.2) is 24.5 Å². The summed E-state index contributed by atoms with van der Waals surface area (Å²) < 4.78 is 1.54. The van der Waals surface area contributed by atoms with E-state index in [-0.39, 0.29) is 5.91 Å². The van der Waals surface area contributed by atoms with Gasteiger partial charge < -0.3 is 11.1 Å². The van der Waals surface area contributed by atoms with Crippen LogP contribution in [0, 0.1) is 0 Å². The van der Waals surface area contributed by atoms with E-state index in [1.807, 2.05) is 0 Å². The summed E-state index contributed by atoms with van der Waals surface area (Å²) >= 11 is 12.0. The summed E-state index contributed by atoms with van der Waals surface area (Å²) in [7, 11) is 0. The van der Waals surface area contributed by atoms with Gasteiger partial charge in [0.2, 0.25) is 5.91 Å². The molecule has 1 aromatic heterocycles. The molecule has 92 valence electrons. The van der Waals surface area contributed by atoms with Gasteiger partial charge in [0.15, 0.2) is 0 Å². The standard InChI is InChI=1S/C11H8Cl2N4O/c12-5-3-15-17(4-5)9-2-8-6(1-7(9)13)10(14)11(18)16-8/h1-4,10H,14H2,(H,16,18). The fourth-order valence-corrected chi connectivity index (χ4v) is 2.30. The lowest BCUT2D eigenvalue weighted by Crippen LogP contribution is -2.19. The monoisotopic (exact) mass is 282 g/mol. The number of amides is 1. The molecule has 0 saturated heterocycles. The molecule has 2 heterocycles. The topological polar surface area (TPSA) is 72.9 Å². The number of aromatic nitrogens is 2. The van der Waals surface area contributed by atoms with E-state index >= 15 is 0 Å². The van der Waals surface area contributed by atoms with Crippen LogP contribution < -0.4 is 11.1 Å². The number of nitrogens with one attached hydrogen (secondary N) is 1. The summed E-state index contributed by atoms with van der Waals surface area (Å²) in [5.41, 5.74) is 7.71. The molecule has 1 aliphatic rings. The number of carbonyl (C=O) groups is 1. The quantitative estimate of drug-likeness (QED) is 0.842. The molecule has 3 N–H and O–H groups in total. The van der Waals surface area contributed by atoms with Crippen LogP contribution in [0.5, 0.6) is 0 Å². The second-order valence-electron chi connectivity index (χ2n) is 3.96. The lowest BCUT2D eigenvalue weighted by atomic mass is 10.1. The molecule has 1 aliphatic heterocycles. The van der Waals surface area contributed by atoms with Gasteiger partial charge in [0, 0.05) is 17.4 Å². The van der Waals surface area contributed by atoms with Crippen molar-refractivity contribution in [3.8, 4) is 5.69 Å². The Morgan fingerprint density at radius 1 is 1.39 bits per heavy atom. The second-order valence-corrected chi connectivity index (χ2v) is 4.80. The maximum Gasteiger partial charge on any atom is 0.245 e. The minimum atomic E-state index is -0.673. The van der Waals surface area contributed by atoms with Crippen molar-refractivity contribution in [3.63, 3.8) is 0 Å². The van der Waals surface area contributed by atoms with E-state index in [2.05, 4.69) is 10.4 Å². The van der Waals surface area contributed by atoms with Crippen LogP contribution in [0.25, 0.3) is 5.69 Å². The molecule has 0 bridgehead atoms. The minimum Gasteiger partial charge on any atom is -0.324 e. The van der Waals surface area contributed by atoms with Gasteiger partial charge in [-0.05, 0) is 12.1 Å². The fourth-order valence-electron chi connectivity index (χ4n) is 1.90. The normalized spacial score (nSPS) is 17.7. The van der Waals surface area contributed by atoms with Crippen molar-refractivity contribution in [1.82, 2.24) is 9.78 Å². The van der Waals surface area contributed by atoms with E-state index in [0.29, 0.717) is 27.0 Å². The van der Waals surface area contributed by atoms with Crippen molar-refractivity contribution in [1.29, 1.82) is 0 Å². The largest absolute Gasteiger partial charge is 0.324 e. The third-order valence-corrected chi connectivity index (χ3v) is 3.29. The number of anilines is 1. The number of nitrogens with zero attached hydrogens (tertiary/aromatic N) is 2. The van der Waals surface area contributed by atoms with E-state index in [0.717, 1.165) is 0 Å². The van der Waals surface area contributed by atoms with Crippen molar-refractivity contribution in [2.75, 3.05) is 5.32 Å². The summed E-state index contributed by atoms with van der Waals surface area (Å²) in [6.45, 7) is 0. The Morgan fingerprint density at radius 3 is 2.83 bits per heavy atom. The van der Waals surface area contributed by atoms with Crippen LogP contribution in [0.1, 0.15) is 11.6 Å². The molecule has 0 radical (unpaired) electrons. The molecule has 1 amide bonds. The smallest absolute Gasteiger partial charge is 0.245 e. The van der Waals surface area contributed by atoms with Gasteiger partial charge in [0.1, 0.15) is 6.04 Å². The van der Waals surface area contributed by atoms with Gasteiger partial charge in [-0.15, -0.1) is 0 Å². The lowest BCUT2D eigenvalue weighted by Gasteiger charge is -2.08. The molecule has 0 spiro atoms. The Morgan fingerprint density at radius 2 is 2.17 bits per heavy atom. The molecule has 2 aromatic rings.